The molecule has 1 heterocycles. The monoisotopic (exact) mass is 263 g/mol. The lowest BCUT2D eigenvalue weighted by Crippen LogP contribution is -1.93. The summed E-state index contributed by atoms with van der Waals surface area (Å²) < 4.78 is 27.2. The Kier molecular flexibility index (Phi) is 3.53. The number of rotatable bonds is 2. The van der Waals surface area contributed by atoms with Gasteiger partial charge in [0.05, 0.1) is 16.5 Å². The van der Waals surface area contributed by atoms with Gasteiger partial charge in [-0.05, 0) is 36.4 Å². The first-order valence-electron chi connectivity index (χ1n) is 4.96. The van der Waals surface area contributed by atoms with Gasteiger partial charge in [0.1, 0.15) is 11.6 Å². The Bertz CT molecular complexity index is 597. The van der Waals surface area contributed by atoms with Crippen molar-refractivity contribution in [2.24, 2.45) is 0 Å². The highest BCUT2D eigenvalue weighted by atomic mass is 32.2. The zero-order valence-electron chi connectivity index (χ0n) is 9.32. The van der Waals surface area contributed by atoms with Crippen molar-refractivity contribution in [1.29, 1.82) is 5.26 Å². The van der Waals surface area contributed by atoms with E-state index in [-0.39, 0.29) is 15.6 Å². The van der Waals surface area contributed by atoms with Crippen LogP contribution in [-0.4, -0.2) is 9.97 Å². The van der Waals surface area contributed by atoms with Gasteiger partial charge < -0.3 is 0 Å². The van der Waals surface area contributed by atoms with Crippen LogP contribution in [0.15, 0.2) is 34.6 Å². The Balaban J connectivity index is 2.35. The van der Waals surface area contributed by atoms with E-state index in [1.165, 1.54) is 0 Å². The molecule has 0 N–H and O–H groups in total. The molecule has 0 saturated heterocycles. The lowest BCUT2D eigenvalue weighted by atomic mass is 10.2. The summed E-state index contributed by atoms with van der Waals surface area (Å²) in [7, 11) is 0. The van der Waals surface area contributed by atoms with Crippen LogP contribution in [0.5, 0.6) is 0 Å². The molecule has 0 radical (unpaired) electrons. The lowest BCUT2D eigenvalue weighted by Gasteiger charge is -2.04. The van der Waals surface area contributed by atoms with Gasteiger partial charge in [0.15, 0.2) is 5.16 Å². The van der Waals surface area contributed by atoms with E-state index in [1.807, 2.05) is 6.92 Å². The Morgan fingerprint density at radius 3 is 2.22 bits per heavy atom. The van der Waals surface area contributed by atoms with E-state index in [2.05, 4.69) is 9.97 Å². The van der Waals surface area contributed by atoms with Crippen molar-refractivity contribution in [2.45, 2.75) is 17.0 Å². The van der Waals surface area contributed by atoms with Gasteiger partial charge in [-0.1, -0.05) is 0 Å². The first-order chi connectivity index (χ1) is 8.60. The van der Waals surface area contributed by atoms with Crippen molar-refractivity contribution in [2.75, 3.05) is 0 Å². The van der Waals surface area contributed by atoms with Crippen LogP contribution in [0.1, 0.15) is 11.1 Å². The molecule has 0 unspecified atom stereocenters. The second-order valence-corrected chi connectivity index (χ2v) is 4.50. The molecule has 90 valence electrons. The molecule has 3 nitrogen and oxygen atoms in total. The van der Waals surface area contributed by atoms with Crippen molar-refractivity contribution >= 4 is 11.8 Å². The minimum absolute atomic E-state index is 0.0563. The molecular weight excluding hydrogens is 256 g/mol. The molecule has 0 atom stereocenters. The molecule has 0 bridgehead atoms. The maximum atomic E-state index is 13.6. The van der Waals surface area contributed by atoms with Crippen LogP contribution in [0.4, 0.5) is 8.78 Å². The summed E-state index contributed by atoms with van der Waals surface area (Å²) in [6, 6.07) is 3.66. The average Bonchev–Trinajstić information content (AvgIpc) is 2.35. The molecule has 0 aliphatic heterocycles. The Morgan fingerprint density at radius 1 is 1.17 bits per heavy atom. The van der Waals surface area contributed by atoms with E-state index in [1.54, 1.807) is 18.5 Å². The number of hydrogen-bond acceptors (Lipinski definition) is 4. The molecule has 0 amide bonds. The van der Waals surface area contributed by atoms with Crippen LogP contribution in [0.2, 0.25) is 0 Å². The number of nitrogens with zero attached hydrogens (tertiary/aromatic N) is 3. The number of hydrogen-bond donors (Lipinski definition) is 0. The standard InChI is InChI=1S/C12H7F2N3S/c1-7-5-16-12(17-6-7)18-11-9(13)2-8(4-15)3-10(11)14/h2-3,5-6H,1H3. The fraction of sp³-hybridized carbons (Fsp3) is 0.0833. The second kappa shape index (κ2) is 5.10. The van der Waals surface area contributed by atoms with E-state index >= 15 is 0 Å². The first kappa shape index (κ1) is 12.5. The van der Waals surface area contributed by atoms with Gasteiger partial charge in [-0.3, -0.25) is 0 Å². The van der Waals surface area contributed by atoms with Gasteiger partial charge in [-0.25, -0.2) is 18.7 Å². The predicted molar refractivity (Wildman–Crippen MR) is 62.0 cm³/mol. The second-order valence-electron chi connectivity index (χ2n) is 3.53. The summed E-state index contributed by atoms with van der Waals surface area (Å²) in [5.41, 5.74) is 0.805. The van der Waals surface area contributed by atoms with Gasteiger partial charge in [-0.2, -0.15) is 5.26 Å². The van der Waals surface area contributed by atoms with Crippen LogP contribution in [0, 0.1) is 29.9 Å². The van der Waals surface area contributed by atoms with Crippen molar-refractivity contribution in [3.05, 3.63) is 47.3 Å². The van der Waals surface area contributed by atoms with E-state index in [0.717, 1.165) is 29.5 Å². The Morgan fingerprint density at radius 2 is 1.72 bits per heavy atom. The van der Waals surface area contributed by atoms with Crippen molar-refractivity contribution in [3.63, 3.8) is 0 Å². The molecule has 0 fully saturated rings. The first-order valence-corrected chi connectivity index (χ1v) is 5.77. The minimum atomic E-state index is -0.791. The van der Waals surface area contributed by atoms with Crippen LogP contribution >= 0.6 is 11.8 Å². The van der Waals surface area contributed by atoms with E-state index in [9.17, 15) is 8.78 Å². The number of nitriles is 1. The van der Waals surface area contributed by atoms with Crippen molar-refractivity contribution < 1.29 is 8.78 Å². The van der Waals surface area contributed by atoms with Crippen molar-refractivity contribution in [1.82, 2.24) is 9.97 Å². The van der Waals surface area contributed by atoms with E-state index < -0.39 is 11.6 Å². The summed E-state index contributed by atoms with van der Waals surface area (Å²) in [6.07, 6.45) is 3.13. The molecule has 2 aromatic rings. The van der Waals surface area contributed by atoms with Gasteiger partial charge >= 0.3 is 0 Å². The Labute approximate surface area is 107 Å². The van der Waals surface area contributed by atoms with E-state index in [0.29, 0.717) is 0 Å². The number of benzene rings is 1. The highest BCUT2D eigenvalue weighted by molar-refractivity contribution is 7.99. The summed E-state index contributed by atoms with van der Waals surface area (Å²) in [4.78, 5) is 7.69. The largest absolute Gasteiger partial charge is 0.231 e. The molecular formula is C12H7F2N3S. The average molecular weight is 263 g/mol. The topological polar surface area (TPSA) is 49.6 Å². The Hall–Kier alpha value is -2.00. The zero-order chi connectivity index (χ0) is 13.1. The third kappa shape index (κ3) is 2.63. The molecule has 0 aliphatic rings. The molecule has 6 heteroatoms. The van der Waals surface area contributed by atoms with Gasteiger partial charge in [0.2, 0.25) is 0 Å². The molecule has 2 rings (SSSR count). The normalized spacial score (nSPS) is 10.1. The molecule has 0 saturated carbocycles. The smallest absolute Gasteiger partial charge is 0.192 e. The molecule has 1 aromatic carbocycles. The predicted octanol–water partition coefficient (Wildman–Crippen LogP) is 3.09. The van der Waals surface area contributed by atoms with Gasteiger partial charge in [0.25, 0.3) is 0 Å². The highest BCUT2D eigenvalue weighted by Gasteiger charge is 2.14. The molecule has 1 aromatic heterocycles. The van der Waals surface area contributed by atoms with Crippen LogP contribution in [0.3, 0.4) is 0 Å². The van der Waals surface area contributed by atoms with E-state index in [4.69, 9.17) is 5.26 Å². The SMILES string of the molecule is Cc1cnc(Sc2c(F)cc(C#N)cc2F)nc1. The number of aryl methyl sites for hydroxylation is 1. The summed E-state index contributed by atoms with van der Waals surface area (Å²) in [5, 5.41) is 8.84. The molecule has 18 heavy (non-hydrogen) atoms. The molecule has 0 spiro atoms. The quantitative estimate of drug-likeness (QED) is 0.781. The molecule has 0 aliphatic carbocycles. The third-order valence-electron chi connectivity index (χ3n) is 2.08. The fourth-order valence-corrected chi connectivity index (χ4v) is 1.95. The fourth-order valence-electron chi connectivity index (χ4n) is 1.25. The van der Waals surface area contributed by atoms with Gasteiger partial charge in [0, 0.05) is 12.4 Å². The van der Waals surface area contributed by atoms with Gasteiger partial charge in [-0.15, -0.1) is 0 Å². The van der Waals surface area contributed by atoms with Crippen molar-refractivity contribution in [3.8, 4) is 6.07 Å². The highest BCUT2D eigenvalue weighted by Crippen LogP contribution is 2.30. The third-order valence-corrected chi connectivity index (χ3v) is 3.07. The minimum Gasteiger partial charge on any atom is -0.231 e. The lowest BCUT2D eigenvalue weighted by molar-refractivity contribution is 0.539. The maximum Gasteiger partial charge on any atom is 0.192 e. The van der Waals surface area contributed by atoms with Crippen LogP contribution in [-0.2, 0) is 0 Å². The summed E-state index contributed by atoms with van der Waals surface area (Å²) in [6.45, 7) is 1.82. The zero-order valence-corrected chi connectivity index (χ0v) is 10.1. The summed E-state index contributed by atoms with van der Waals surface area (Å²) in [5.74, 6) is -1.58. The van der Waals surface area contributed by atoms with Crippen LogP contribution in [0.25, 0.3) is 0 Å². The maximum absolute atomic E-state index is 13.6. The number of aromatic nitrogens is 2. The summed E-state index contributed by atoms with van der Waals surface area (Å²) >= 11 is 0.787. The number of halogens is 2. The van der Waals surface area contributed by atoms with Crippen LogP contribution < -0.4 is 0 Å².